The number of hydrogen-bond donors (Lipinski definition) is 1. The molecular formula is C12H17F3N2. The van der Waals surface area contributed by atoms with Crippen LogP contribution in [0.25, 0.3) is 0 Å². The Balaban J connectivity index is 3.21. The Bertz CT molecular complexity index is 386. The van der Waals surface area contributed by atoms with Crippen LogP contribution in [0, 0.1) is 0 Å². The third kappa shape index (κ3) is 3.36. The first kappa shape index (κ1) is 13.8. The van der Waals surface area contributed by atoms with Gasteiger partial charge < -0.3 is 10.6 Å². The van der Waals surface area contributed by atoms with E-state index in [1.807, 2.05) is 25.9 Å². The lowest BCUT2D eigenvalue weighted by Gasteiger charge is -2.24. The van der Waals surface area contributed by atoms with Gasteiger partial charge in [0, 0.05) is 11.7 Å². The number of halogens is 3. The molecule has 0 aliphatic heterocycles. The summed E-state index contributed by atoms with van der Waals surface area (Å²) >= 11 is 0. The quantitative estimate of drug-likeness (QED) is 0.829. The number of nitrogens with two attached hydrogens (primary N) is 1. The Morgan fingerprint density at radius 3 is 2.24 bits per heavy atom. The van der Waals surface area contributed by atoms with E-state index in [0.717, 1.165) is 12.5 Å². The van der Waals surface area contributed by atoms with Crippen molar-refractivity contribution in [3.63, 3.8) is 0 Å². The lowest BCUT2D eigenvalue weighted by atomic mass is 10.00. The van der Waals surface area contributed by atoms with Gasteiger partial charge in [-0.15, -0.1) is 0 Å². The molecule has 0 amide bonds. The van der Waals surface area contributed by atoms with Crippen molar-refractivity contribution >= 4 is 5.69 Å². The van der Waals surface area contributed by atoms with Crippen molar-refractivity contribution in [2.75, 3.05) is 19.8 Å². The molecule has 0 aliphatic carbocycles. The molecule has 1 atom stereocenters. The highest BCUT2D eigenvalue weighted by atomic mass is 19.4. The third-order valence-corrected chi connectivity index (χ3v) is 2.70. The highest BCUT2D eigenvalue weighted by Gasteiger charge is 2.31. The maximum atomic E-state index is 12.6. The number of nitrogens with zero attached hydrogens (tertiary/aromatic N) is 1. The number of benzene rings is 1. The molecular weight excluding hydrogens is 229 g/mol. The van der Waals surface area contributed by atoms with E-state index in [2.05, 4.69) is 0 Å². The summed E-state index contributed by atoms with van der Waals surface area (Å²) in [4.78, 5) is 1.88. The number of rotatable bonds is 3. The standard InChI is InChI=1S/C12H17F3N2/c1-4-11(17(2)3)8-5-9(12(13,14)15)7-10(16)6-8/h5-7,11H,4,16H2,1-3H3. The summed E-state index contributed by atoms with van der Waals surface area (Å²) in [5.74, 6) is 0. The molecule has 5 heteroatoms. The van der Waals surface area contributed by atoms with Crippen molar-refractivity contribution in [1.29, 1.82) is 0 Å². The Morgan fingerprint density at radius 2 is 1.82 bits per heavy atom. The van der Waals surface area contributed by atoms with Crippen LogP contribution in [0.15, 0.2) is 18.2 Å². The fourth-order valence-electron chi connectivity index (χ4n) is 1.93. The Morgan fingerprint density at radius 1 is 1.24 bits per heavy atom. The van der Waals surface area contributed by atoms with Crippen LogP contribution in [-0.2, 0) is 6.18 Å². The third-order valence-electron chi connectivity index (χ3n) is 2.70. The van der Waals surface area contributed by atoms with Crippen molar-refractivity contribution in [2.45, 2.75) is 25.6 Å². The molecule has 2 nitrogen and oxygen atoms in total. The summed E-state index contributed by atoms with van der Waals surface area (Å²) in [5, 5.41) is 0. The Kier molecular flexibility index (Phi) is 4.03. The average molecular weight is 246 g/mol. The minimum Gasteiger partial charge on any atom is -0.399 e. The Hall–Kier alpha value is -1.23. The topological polar surface area (TPSA) is 29.3 Å². The van der Waals surface area contributed by atoms with Crippen molar-refractivity contribution in [3.05, 3.63) is 29.3 Å². The van der Waals surface area contributed by atoms with Crippen LogP contribution in [0.1, 0.15) is 30.5 Å². The van der Waals surface area contributed by atoms with E-state index in [9.17, 15) is 13.2 Å². The fourth-order valence-corrected chi connectivity index (χ4v) is 1.93. The molecule has 0 saturated heterocycles. The van der Waals surface area contributed by atoms with Gasteiger partial charge in [0.15, 0.2) is 0 Å². The van der Waals surface area contributed by atoms with E-state index in [0.29, 0.717) is 5.56 Å². The summed E-state index contributed by atoms with van der Waals surface area (Å²) in [6.45, 7) is 1.93. The smallest absolute Gasteiger partial charge is 0.399 e. The number of anilines is 1. The minimum atomic E-state index is -4.35. The van der Waals surface area contributed by atoms with E-state index < -0.39 is 11.7 Å². The molecule has 0 spiro atoms. The average Bonchev–Trinajstić information content (AvgIpc) is 2.15. The zero-order valence-corrected chi connectivity index (χ0v) is 10.2. The van der Waals surface area contributed by atoms with Gasteiger partial charge in [-0.05, 0) is 44.3 Å². The first-order valence-corrected chi connectivity index (χ1v) is 5.39. The van der Waals surface area contributed by atoms with E-state index in [1.165, 1.54) is 6.07 Å². The van der Waals surface area contributed by atoms with Crippen LogP contribution in [-0.4, -0.2) is 19.0 Å². The summed E-state index contributed by atoms with van der Waals surface area (Å²) in [6, 6.07) is 3.68. The minimum absolute atomic E-state index is 0.0559. The lowest BCUT2D eigenvalue weighted by Crippen LogP contribution is -2.20. The zero-order chi connectivity index (χ0) is 13.2. The Labute approximate surface area is 99.2 Å². The van der Waals surface area contributed by atoms with Gasteiger partial charge in [-0.25, -0.2) is 0 Å². The molecule has 0 bridgehead atoms. The first-order valence-electron chi connectivity index (χ1n) is 5.39. The monoisotopic (exact) mass is 246 g/mol. The predicted octanol–water partition coefficient (Wildman–Crippen LogP) is 3.30. The van der Waals surface area contributed by atoms with Crippen LogP contribution in [0.4, 0.5) is 18.9 Å². The molecule has 0 radical (unpaired) electrons. The molecule has 1 unspecified atom stereocenters. The summed E-state index contributed by atoms with van der Waals surface area (Å²) in [6.07, 6.45) is -3.62. The van der Waals surface area contributed by atoms with Gasteiger partial charge in [0.2, 0.25) is 0 Å². The molecule has 96 valence electrons. The summed E-state index contributed by atoms with van der Waals surface area (Å²) < 4.78 is 37.9. The van der Waals surface area contributed by atoms with Crippen molar-refractivity contribution < 1.29 is 13.2 Å². The fraction of sp³-hybridized carbons (Fsp3) is 0.500. The van der Waals surface area contributed by atoms with Gasteiger partial charge in [0.05, 0.1) is 5.56 Å². The van der Waals surface area contributed by atoms with Gasteiger partial charge in [-0.1, -0.05) is 6.92 Å². The second-order valence-corrected chi connectivity index (χ2v) is 4.27. The van der Waals surface area contributed by atoms with Crippen molar-refractivity contribution in [1.82, 2.24) is 4.90 Å². The lowest BCUT2D eigenvalue weighted by molar-refractivity contribution is -0.137. The van der Waals surface area contributed by atoms with Gasteiger partial charge in [-0.3, -0.25) is 0 Å². The molecule has 2 N–H and O–H groups in total. The SMILES string of the molecule is CCC(c1cc(N)cc(C(F)(F)F)c1)N(C)C. The predicted molar refractivity (Wildman–Crippen MR) is 62.6 cm³/mol. The molecule has 0 saturated carbocycles. The molecule has 0 aromatic heterocycles. The molecule has 1 rings (SSSR count). The van der Waals surface area contributed by atoms with Crippen LogP contribution in [0.2, 0.25) is 0 Å². The maximum absolute atomic E-state index is 12.6. The van der Waals surface area contributed by atoms with Gasteiger partial charge in [-0.2, -0.15) is 13.2 Å². The molecule has 1 aromatic carbocycles. The highest BCUT2D eigenvalue weighted by molar-refractivity contribution is 5.46. The zero-order valence-electron chi connectivity index (χ0n) is 10.2. The molecule has 17 heavy (non-hydrogen) atoms. The van der Waals surface area contributed by atoms with Crippen LogP contribution in [0.5, 0.6) is 0 Å². The molecule has 1 aromatic rings. The number of hydrogen-bond acceptors (Lipinski definition) is 2. The van der Waals surface area contributed by atoms with Crippen LogP contribution >= 0.6 is 0 Å². The first-order chi connectivity index (χ1) is 7.75. The highest BCUT2D eigenvalue weighted by Crippen LogP contribution is 2.34. The van der Waals surface area contributed by atoms with Gasteiger partial charge in [0.25, 0.3) is 0 Å². The molecule has 0 heterocycles. The number of alkyl halides is 3. The van der Waals surface area contributed by atoms with E-state index in [4.69, 9.17) is 5.73 Å². The van der Waals surface area contributed by atoms with Gasteiger partial charge >= 0.3 is 6.18 Å². The van der Waals surface area contributed by atoms with Gasteiger partial charge in [0.1, 0.15) is 0 Å². The molecule has 0 aliphatic rings. The molecule has 0 fully saturated rings. The van der Waals surface area contributed by atoms with Crippen molar-refractivity contribution in [3.8, 4) is 0 Å². The summed E-state index contributed by atoms with van der Waals surface area (Å²) in [5.41, 5.74) is 5.59. The largest absolute Gasteiger partial charge is 0.416 e. The normalized spacial score (nSPS) is 14.1. The summed E-state index contributed by atoms with van der Waals surface area (Å²) in [7, 11) is 3.68. The van der Waals surface area contributed by atoms with Crippen molar-refractivity contribution in [2.24, 2.45) is 0 Å². The van der Waals surface area contributed by atoms with Crippen LogP contribution < -0.4 is 5.73 Å². The number of nitrogen functional groups attached to an aromatic ring is 1. The van der Waals surface area contributed by atoms with Crippen LogP contribution in [0.3, 0.4) is 0 Å². The van der Waals surface area contributed by atoms with E-state index in [1.54, 1.807) is 6.07 Å². The second-order valence-electron chi connectivity index (χ2n) is 4.27. The van der Waals surface area contributed by atoms with E-state index >= 15 is 0 Å². The second kappa shape index (κ2) is 4.96. The maximum Gasteiger partial charge on any atom is 0.416 e. The van der Waals surface area contributed by atoms with E-state index in [-0.39, 0.29) is 11.7 Å².